The van der Waals surface area contributed by atoms with Crippen LogP contribution in [0.1, 0.15) is 17.5 Å². The molecule has 1 amide bonds. The largest absolute Gasteiger partial charge is 0.497 e. The molecular formula is C28H26ClFN2O8S. The van der Waals surface area contributed by atoms with Gasteiger partial charge in [-0.15, -0.1) is 0 Å². The fourth-order valence-electron chi connectivity index (χ4n) is 5.70. The van der Waals surface area contributed by atoms with Crippen molar-refractivity contribution in [1.82, 2.24) is 4.90 Å². The fraction of sp³-hybridized carbons (Fsp3) is 0.286. The number of hydrogen-bond acceptors (Lipinski definition) is 8. The number of likely N-dealkylation sites (tertiary alicyclic amines) is 1. The van der Waals surface area contributed by atoms with Gasteiger partial charge in [-0.1, -0.05) is 29.8 Å². The third kappa shape index (κ3) is 4.28. The van der Waals surface area contributed by atoms with Crippen molar-refractivity contribution in [2.45, 2.75) is 29.1 Å². The van der Waals surface area contributed by atoms with Crippen molar-refractivity contribution in [3.8, 4) is 17.2 Å². The van der Waals surface area contributed by atoms with Crippen LogP contribution < -0.4 is 18.5 Å². The molecule has 2 aliphatic heterocycles. The molecule has 1 N–H and O–H groups in total. The number of anilines is 1. The summed E-state index contributed by atoms with van der Waals surface area (Å²) in [6.45, 7) is -0.466. The summed E-state index contributed by atoms with van der Waals surface area (Å²) in [6, 6.07) is 13.0. The SMILES string of the molecule is COc1ccc(S(=O)(=O)N2C(=O)C(c3ccccc3OC)(N3C[C@@H](F)C[C@H]3C(=O)O)c3cc(Cl)ccc32)c(OC)c1. The number of amides is 1. The van der Waals surface area contributed by atoms with Crippen molar-refractivity contribution in [2.24, 2.45) is 0 Å². The van der Waals surface area contributed by atoms with Gasteiger partial charge in [-0.25, -0.2) is 17.1 Å². The Morgan fingerprint density at radius 1 is 1.00 bits per heavy atom. The third-order valence-electron chi connectivity index (χ3n) is 7.41. The third-order valence-corrected chi connectivity index (χ3v) is 9.38. The predicted octanol–water partition coefficient (Wildman–Crippen LogP) is 3.84. The summed E-state index contributed by atoms with van der Waals surface area (Å²) >= 11 is 6.40. The second kappa shape index (κ2) is 10.5. The Morgan fingerprint density at radius 2 is 1.71 bits per heavy atom. The van der Waals surface area contributed by atoms with E-state index in [1.165, 1.54) is 68.7 Å². The average Bonchev–Trinajstić information content (AvgIpc) is 3.47. The number of carboxylic acids is 1. The van der Waals surface area contributed by atoms with Gasteiger partial charge in [0, 0.05) is 35.2 Å². The van der Waals surface area contributed by atoms with Gasteiger partial charge in [0.15, 0.2) is 5.54 Å². The van der Waals surface area contributed by atoms with Crippen LogP contribution in [0, 0.1) is 0 Å². The number of nitrogens with zero attached hydrogens (tertiary/aromatic N) is 2. The summed E-state index contributed by atoms with van der Waals surface area (Å²) in [5.74, 6) is -2.01. The van der Waals surface area contributed by atoms with Crippen molar-refractivity contribution >= 4 is 39.2 Å². The minimum absolute atomic E-state index is 0.0657. The van der Waals surface area contributed by atoms with Gasteiger partial charge in [-0.3, -0.25) is 14.5 Å². The molecule has 2 heterocycles. The molecule has 10 nitrogen and oxygen atoms in total. The number of fused-ring (bicyclic) bond motifs is 1. The number of para-hydroxylation sites is 1. The zero-order valence-corrected chi connectivity index (χ0v) is 23.8. The van der Waals surface area contributed by atoms with E-state index in [2.05, 4.69) is 0 Å². The van der Waals surface area contributed by atoms with Gasteiger partial charge < -0.3 is 19.3 Å². The minimum atomic E-state index is -4.71. The molecule has 1 saturated heterocycles. The van der Waals surface area contributed by atoms with Crippen LogP contribution in [0.25, 0.3) is 0 Å². The van der Waals surface area contributed by atoms with Gasteiger partial charge in [0.2, 0.25) is 0 Å². The Hall–Kier alpha value is -3.87. The lowest BCUT2D eigenvalue weighted by Crippen LogP contribution is -2.58. The van der Waals surface area contributed by atoms with Crippen LogP contribution in [0.2, 0.25) is 5.02 Å². The molecule has 1 fully saturated rings. The lowest BCUT2D eigenvalue weighted by atomic mass is 9.81. The van der Waals surface area contributed by atoms with Crippen molar-refractivity contribution in [2.75, 3.05) is 32.2 Å². The van der Waals surface area contributed by atoms with Crippen LogP contribution in [0.4, 0.5) is 10.1 Å². The van der Waals surface area contributed by atoms with E-state index in [4.69, 9.17) is 25.8 Å². The van der Waals surface area contributed by atoms with Crippen molar-refractivity contribution in [3.63, 3.8) is 0 Å². The lowest BCUT2D eigenvalue weighted by molar-refractivity contribution is -0.145. The van der Waals surface area contributed by atoms with E-state index in [1.807, 2.05) is 0 Å². The molecule has 41 heavy (non-hydrogen) atoms. The maximum Gasteiger partial charge on any atom is 0.321 e. The molecule has 3 atom stereocenters. The van der Waals surface area contributed by atoms with Gasteiger partial charge in [0.1, 0.15) is 34.4 Å². The Kier molecular flexibility index (Phi) is 7.35. The first kappa shape index (κ1) is 28.7. The first-order valence-electron chi connectivity index (χ1n) is 12.4. The minimum Gasteiger partial charge on any atom is -0.497 e. The Balaban J connectivity index is 1.86. The number of carbonyl (C=O) groups is 2. The first-order valence-corrected chi connectivity index (χ1v) is 14.2. The monoisotopic (exact) mass is 604 g/mol. The summed E-state index contributed by atoms with van der Waals surface area (Å²) in [5, 5.41) is 10.3. The lowest BCUT2D eigenvalue weighted by Gasteiger charge is -2.40. The maximum absolute atomic E-state index is 15.0. The molecule has 0 aliphatic carbocycles. The standard InChI is InChI=1S/C28H26ClFN2O8S/c1-38-18-9-11-25(24(14-18)40-3)41(36,37)32-21-10-8-16(29)12-20(21)28(27(32)35,19-6-4-5-7-23(19)39-2)31-15-17(30)13-22(31)26(33)34/h4-12,14,17,22H,13,15H2,1-3H3,(H,33,34)/t17-,22-,28?/m0/s1. The molecule has 13 heteroatoms. The van der Waals surface area contributed by atoms with Crippen LogP contribution in [0.5, 0.6) is 17.2 Å². The smallest absolute Gasteiger partial charge is 0.321 e. The summed E-state index contributed by atoms with van der Waals surface area (Å²) in [4.78, 5) is 28.2. The zero-order chi connectivity index (χ0) is 29.7. The average molecular weight is 605 g/mol. The number of benzene rings is 3. The number of carboxylic acid groups (broad SMARTS) is 1. The molecule has 0 spiro atoms. The van der Waals surface area contributed by atoms with E-state index in [0.717, 1.165) is 0 Å². The Labute approximate surface area is 240 Å². The summed E-state index contributed by atoms with van der Waals surface area (Å²) < 4.78 is 60.4. The van der Waals surface area contributed by atoms with Gasteiger partial charge in [0.25, 0.3) is 15.9 Å². The molecule has 0 radical (unpaired) electrons. The molecule has 1 unspecified atom stereocenters. The van der Waals surface area contributed by atoms with E-state index in [9.17, 15) is 23.1 Å². The van der Waals surface area contributed by atoms with Crippen LogP contribution in [-0.4, -0.2) is 70.4 Å². The Bertz CT molecular complexity index is 1650. The van der Waals surface area contributed by atoms with E-state index >= 15 is 4.39 Å². The normalized spacial score (nSPS) is 22.5. The first-order chi connectivity index (χ1) is 19.5. The van der Waals surface area contributed by atoms with Gasteiger partial charge in [0.05, 0.1) is 27.0 Å². The number of aliphatic carboxylic acids is 1. The number of methoxy groups -OCH3 is 3. The summed E-state index contributed by atoms with van der Waals surface area (Å²) in [7, 11) is -0.673. The number of alkyl halides is 1. The predicted molar refractivity (Wildman–Crippen MR) is 147 cm³/mol. The van der Waals surface area contributed by atoms with Crippen LogP contribution in [0.3, 0.4) is 0 Å². The highest BCUT2D eigenvalue weighted by atomic mass is 35.5. The van der Waals surface area contributed by atoms with E-state index < -0.39 is 52.6 Å². The van der Waals surface area contributed by atoms with E-state index in [1.54, 1.807) is 18.2 Å². The van der Waals surface area contributed by atoms with Crippen molar-refractivity contribution in [3.05, 3.63) is 76.8 Å². The number of rotatable bonds is 8. The quantitative estimate of drug-likeness (QED) is 0.408. The second-order valence-electron chi connectivity index (χ2n) is 9.50. The molecule has 0 bridgehead atoms. The van der Waals surface area contributed by atoms with Crippen LogP contribution >= 0.6 is 11.6 Å². The Morgan fingerprint density at radius 3 is 2.37 bits per heavy atom. The van der Waals surface area contributed by atoms with E-state index in [-0.39, 0.29) is 38.2 Å². The van der Waals surface area contributed by atoms with Gasteiger partial charge in [-0.05, 0) is 36.4 Å². The number of carbonyl (C=O) groups excluding carboxylic acids is 1. The highest BCUT2D eigenvalue weighted by Crippen LogP contribution is 2.55. The van der Waals surface area contributed by atoms with Gasteiger partial charge >= 0.3 is 5.97 Å². The zero-order valence-electron chi connectivity index (χ0n) is 22.2. The summed E-state index contributed by atoms with van der Waals surface area (Å²) in [6.07, 6.45) is -2.01. The molecule has 0 aromatic heterocycles. The number of ether oxygens (including phenoxy) is 3. The fourth-order valence-corrected chi connectivity index (χ4v) is 7.47. The molecule has 3 aromatic carbocycles. The second-order valence-corrected chi connectivity index (χ2v) is 11.7. The number of hydrogen-bond donors (Lipinski definition) is 1. The highest BCUT2D eigenvalue weighted by Gasteiger charge is 2.64. The summed E-state index contributed by atoms with van der Waals surface area (Å²) in [5.41, 5.74) is -2.01. The van der Waals surface area contributed by atoms with E-state index in [0.29, 0.717) is 10.1 Å². The molecule has 5 rings (SSSR count). The molecule has 216 valence electrons. The van der Waals surface area contributed by atoms with Crippen molar-refractivity contribution in [1.29, 1.82) is 0 Å². The number of halogens is 2. The molecule has 3 aromatic rings. The number of sulfonamides is 1. The molecule has 0 saturated carbocycles. The highest BCUT2D eigenvalue weighted by molar-refractivity contribution is 7.93. The van der Waals surface area contributed by atoms with Gasteiger partial charge in [-0.2, -0.15) is 0 Å². The van der Waals surface area contributed by atoms with Crippen LogP contribution in [0.15, 0.2) is 65.6 Å². The molecule has 2 aliphatic rings. The van der Waals surface area contributed by atoms with Crippen LogP contribution in [-0.2, 0) is 25.2 Å². The van der Waals surface area contributed by atoms with Crippen molar-refractivity contribution < 1.29 is 41.7 Å². The molecular weight excluding hydrogens is 579 g/mol. The topological polar surface area (TPSA) is 123 Å². The maximum atomic E-state index is 15.0.